The number of fused-ring (bicyclic) bond motifs is 1. The molecular weight excluding hydrogens is 294 g/mol. The first-order chi connectivity index (χ1) is 10.9. The summed E-state index contributed by atoms with van der Waals surface area (Å²) >= 11 is 0. The van der Waals surface area contributed by atoms with Crippen LogP contribution in [0.4, 0.5) is 5.69 Å². The van der Waals surface area contributed by atoms with Gasteiger partial charge in [0.2, 0.25) is 5.91 Å². The highest BCUT2D eigenvalue weighted by Gasteiger charge is 2.46. The summed E-state index contributed by atoms with van der Waals surface area (Å²) in [5.74, 6) is 0.478. The van der Waals surface area contributed by atoms with Gasteiger partial charge in [0, 0.05) is 5.69 Å². The largest absolute Gasteiger partial charge is 0.497 e. The lowest BCUT2D eigenvalue weighted by Gasteiger charge is -2.19. The molecule has 1 N–H and O–H groups in total. The second-order valence-electron chi connectivity index (χ2n) is 6.52. The summed E-state index contributed by atoms with van der Waals surface area (Å²) in [6, 6.07) is 7.25. The Morgan fingerprint density at radius 1 is 1.22 bits per heavy atom. The van der Waals surface area contributed by atoms with Crippen LogP contribution in [0.15, 0.2) is 36.4 Å². The van der Waals surface area contributed by atoms with Gasteiger partial charge < -0.3 is 19.5 Å². The highest BCUT2D eigenvalue weighted by atomic mass is 16.8. The van der Waals surface area contributed by atoms with Gasteiger partial charge in [-0.15, -0.1) is 0 Å². The molecular formula is C18H23NO4. The van der Waals surface area contributed by atoms with Crippen LogP contribution in [0, 0.1) is 5.92 Å². The molecule has 3 rings (SSSR count). The Balaban J connectivity index is 1.50. The maximum Gasteiger partial charge on any atom is 0.248 e. The normalized spacial score (nSPS) is 28.7. The number of carbonyl (C=O) groups excluding carboxylic acids is 1. The second kappa shape index (κ2) is 6.34. The molecule has 0 bridgehead atoms. The second-order valence-corrected chi connectivity index (χ2v) is 6.52. The zero-order valence-corrected chi connectivity index (χ0v) is 13.7. The van der Waals surface area contributed by atoms with Crippen molar-refractivity contribution >= 4 is 11.6 Å². The minimum atomic E-state index is -0.476. The van der Waals surface area contributed by atoms with E-state index in [0.717, 1.165) is 24.3 Å². The lowest BCUT2D eigenvalue weighted by Crippen LogP contribution is -2.22. The van der Waals surface area contributed by atoms with Gasteiger partial charge in [0.1, 0.15) is 5.75 Å². The Bertz CT molecular complexity index is 578. The summed E-state index contributed by atoms with van der Waals surface area (Å²) in [6.45, 7) is 3.89. The Morgan fingerprint density at radius 2 is 1.83 bits per heavy atom. The Kier molecular flexibility index (Phi) is 4.41. The van der Waals surface area contributed by atoms with Crippen molar-refractivity contribution < 1.29 is 19.0 Å². The number of benzene rings is 1. The minimum absolute atomic E-state index is 0.130. The summed E-state index contributed by atoms with van der Waals surface area (Å²) in [4.78, 5) is 12.0. The third-order valence-electron chi connectivity index (χ3n) is 4.23. The van der Waals surface area contributed by atoms with E-state index in [1.165, 1.54) is 0 Å². The smallest absolute Gasteiger partial charge is 0.248 e. The molecule has 124 valence electrons. The molecule has 23 heavy (non-hydrogen) atoms. The number of carbonyl (C=O) groups is 1. The summed E-state index contributed by atoms with van der Waals surface area (Å²) in [5, 5.41) is 2.84. The molecule has 1 saturated carbocycles. The summed E-state index contributed by atoms with van der Waals surface area (Å²) in [7, 11) is 1.61. The number of amides is 1. The monoisotopic (exact) mass is 317 g/mol. The van der Waals surface area contributed by atoms with Gasteiger partial charge in [-0.2, -0.15) is 0 Å². The zero-order chi connectivity index (χ0) is 16.4. The summed E-state index contributed by atoms with van der Waals surface area (Å²) in [5.41, 5.74) is 0.747. The van der Waals surface area contributed by atoms with E-state index in [1.807, 2.05) is 44.2 Å². The number of hydrogen-bond donors (Lipinski definition) is 1. The molecule has 1 aromatic rings. The van der Waals surface area contributed by atoms with Crippen molar-refractivity contribution in [2.75, 3.05) is 12.4 Å². The lowest BCUT2D eigenvalue weighted by molar-refractivity contribution is -0.152. The third kappa shape index (κ3) is 3.92. The highest BCUT2D eigenvalue weighted by Crippen LogP contribution is 2.41. The van der Waals surface area contributed by atoms with Gasteiger partial charge in [0.15, 0.2) is 5.79 Å². The van der Waals surface area contributed by atoms with E-state index in [0.29, 0.717) is 5.92 Å². The van der Waals surface area contributed by atoms with Crippen molar-refractivity contribution in [3.05, 3.63) is 36.4 Å². The highest BCUT2D eigenvalue weighted by molar-refractivity contribution is 5.99. The predicted octanol–water partition coefficient (Wildman–Crippen LogP) is 3.12. The minimum Gasteiger partial charge on any atom is -0.497 e. The van der Waals surface area contributed by atoms with Gasteiger partial charge in [-0.05, 0) is 62.9 Å². The van der Waals surface area contributed by atoms with Crippen LogP contribution in [-0.2, 0) is 14.3 Å². The number of hydrogen-bond acceptors (Lipinski definition) is 4. The van der Waals surface area contributed by atoms with E-state index in [2.05, 4.69) is 5.32 Å². The lowest BCUT2D eigenvalue weighted by atomic mass is 10.1. The molecule has 1 aromatic carbocycles. The van der Waals surface area contributed by atoms with Crippen molar-refractivity contribution in [1.29, 1.82) is 0 Å². The fourth-order valence-electron chi connectivity index (χ4n) is 3.24. The third-order valence-corrected chi connectivity index (χ3v) is 4.23. The maximum absolute atomic E-state index is 12.0. The quantitative estimate of drug-likeness (QED) is 0.867. The van der Waals surface area contributed by atoms with E-state index in [-0.39, 0.29) is 18.1 Å². The van der Waals surface area contributed by atoms with Gasteiger partial charge in [-0.1, -0.05) is 6.08 Å². The molecule has 1 unspecified atom stereocenters. The van der Waals surface area contributed by atoms with E-state index in [9.17, 15) is 4.79 Å². The summed E-state index contributed by atoms with van der Waals surface area (Å²) in [6.07, 6.45) is 5.65. The molecule has 1 saturated heterocycles. The molecule has 5 heteroatoms. The van der Waals surface area contributed by atoms with Crippen molar-refractivity contribution in [2.45, 2.75) is 44.7 Å². The number of anilines is 1. The van der Waals surface area contributed by atoms with Gasteiger partial charge in [-0.3, -0.25) is 4.79 Å². The van der Waals surface area contributed by atoms with Crippen molar-refractivity contribution in [3.63, 3.8) is 0 Å². The van der Waals surface area contributed by atoms with E-state index in [4.69, 9.17) is 14.2 Å². The fourth-order valence-corrected chi connectivity index (χ4v) is 3.24. The average molecular weight is 317 g/mol. The van der Waals surface area contributed by atoms with Crippen LogP contribution < -0.4 is 10.1 Å². The van der Waals surface area contributed by atoms with E-state index >= 15 is 0 Å². The molecule has 2 fully saturated rings. The first-order valence-corrected chi connectivity index (χ1v) is 7.94. The number of ether oxygens (including phenoxy) is 3. The average Bonchev–Trinajstić information content (AvgIpc) is 2.99. The fraction of sp³-hybridized carbons (Fsp3) is 0.500. The standard InChI is InChI=1S/C18H23NO4/c1-18(2)22-15-10-12(11-16(15)23-18)4-9-17(20)19-13-5-7-14(21-3)8-6-13/h4-9,12,15-16H,10-11H2,1-3H3,(H,19,20)/b9-4+/t12?,15-,16+. The van der Waals surface area contributed by atoms with Crippen LogP contribution in [-0.4, -0.2) is 31.0 Å². The Hall–Kier alpha value is -1.85. The first-order valence-electron chi connectivity index (χ1n) is 7.94. The summed E-state index contributed by atoms with van der Waals surface area (Å²) < 4.78 is 16.8. The van der Waals surface area contributed by atoms with Crippen LogP contribution in [0.1, 0.15) is 26.7 Å². The number of methoxy groups -OCH3 is 1. The molecule has 1 amide bonds. The van der Waals surface area contributed by atoms with E-state index in [1.54, 1.807) is 13.2 Å². The molecule has 2 aliphatic rings. The Labute approximate surface area is 136 Å². The van der Waals surface area contributed by atoms with Gasteiger partial charge in [0.05, 0.1) is 19.3 Å². The first kappa shape index (κ1) is 16.0. The SMILES string of the molecule is COc1ccc(NC(=O)/C=C/C2C[C@@H]3OC(C)(C)O[C@@H]3C2)cc1. The zero-order valence-electron chi connectivity index (χ0n) is 13.7. The molecule has 1 aliphatic heterocycles. The topological polar surface area (TPSA) is 56.8 Å². The van der Waals surface area contributed by atoms with Crippen LogP contribution in [0.25, 0.3) is 0 Å². The molecule has 5 nitrogen and oxygen atoms in total. The maximum atomic E-state index is 12.0. The van der Waals surface area contributed by atoms with Crippen molar-refractivity contribution in [2.24, 2.45) is 5.92 Å². The van der Waals surface area contributed by atoms with E-state index < -0.39 is 5.79 Å². The number of nitrogens with one attached hydrogen (secondary N) is 1. The predicted molar refractivity (Wildman–Crippen MR) is 87.3 cm³/mol. The molecule has 0 spiro atoms. The van der Waals surface area contributed by atoms with Crippen LogP contribution >= 0.6 is 0 Å². The number of rotatable bonds is 4. The molecule has 0 aromatic heterocycles. The van der Waals surface area contributed by atoms with Crippen LogP contribution in [0.5, 0.6) is 5.75 Å². The van der Waals surface area contributed by atoms with Crippen molar-refractivity contribution in [3.8, 4) is 5.75 Å². The van der Waals surface area contributed by atoms with Gasteiger partial charge in [0.25, 0.3) is 0 Å². The number of allylic oxidation sites excluding steroid dienone is 1. The Morgan fingerprint density at radius 3 is 2.39 bits per heavy atom. The molecule has 1 heterocycles. The molecule has 0 radical (unpaired) electrons. The van der Waals surface area contributed by atoms with Crippen molar-refractivity contribution in [1.82, 2.24) is 0 Å². The van der Waals surface area contributed by atoms with Gasteiger partial charge in [-0.25, -0.2) is 0 Å². The van der Waals surface area contributed by atoms with Crippen LogP contribution in [0.3, 0.4) is 0 Å². The van der Waals surface area contributed by atoms with Crippen LogP contribution in [0.2, 0.25) is 0 Å². The van der Waals surface area contributed by atoms with Gasteiger partial charge >= 0.3 is 0 Å². The molecule has 1 aliphatic carbocycles. The molecule has 3 atom stereocenters.